The van der Waals surface area contributed by atoms with Crippen molar-refractivity contribution >= 4 is 17.7 Å². The number of aryl methyl sites for hydroxylation is 1. The van der Waals surface area contributed by atoms with E-state index in [1.807, 2.05) is 19.1 Å². The van der Waals surface area contributed by atoms with Crippen LogP contribution in [0.3, 0.4) is 0 Å². The molecule has 2 unspecified atom stereocenters. The highest BCUT2D eigenvalue weighted by atomic mass is 16.5. The van der Waals surface area contributed by atoms with Gasteiger partial charge in [0, 0.05) is 25.4 Å². The molecule has 0 amide bonds. The average molecular weight is 275 g/mol. The molecule has 0 aromatic heterocycles. The van der Waals surface area contributed by atoms with Crippen molar-refractivity contribution in [3.8, 4) is 0 Å². The van der Waals surface area contributed by atoms with Gasteiger partial charge in [-0.05, 0) is 49.6 Å². The number of nitrogens with zero attached hydrogens (tertiary/aromatic N) is 1. The molecule has 1 heterocycles. The number of hydrogen-bond donors (Lipinski definition) is 1. The Bertz CT molecular complexity index is 524. The van der Waals surface area contributed by atoms with E-state index in [-0.39, 0.29) is 6.10 Å². The summed E-state index contributed by atoms with van der Waals surface area (Å²) in [6.07, 6.45) is 4.07. The molecule has 2 rings (SSSR count). The van der Waals surface area contributed by atoms with Crippen LogP contribution in [0.15, 0.2) is 24.3 Å². The molecule has 0 saturated carbocycles. The normalized spacial score (nSPS) is 22.4. The van der Waals surface area contributed by atoms with E-state index in [1.165, 1.54) is 6.08 Å². The number of carbonyl (C=O) groups is 1. The van der Waals surface area contributed by atoms with E-state index >= 15 is 0 Å². The van der Waals surface area contributed by atoms with Gasteiger partial charge in [-0.2, -0.15) is 0 Å². The summed E-state index contributed by atoms with van der Waals surface area (Å²) >= 11 is 0. The van der Waals surface area contributed by atoms with E-state index in [0.717, 1.165) is 29.8 Å². The van der Waals surface area contributed by atoms with Gasteiger partial charge in [-0.1, -0.05) is 6.07 Å². The van der Waals surface area contributed by atoms with E-state index < -0.39 is 5.97 Å². The number of rotatable bonds is 4. The van der Waals surface area contributed by atoms with Crippen molar-refractivity contribution in [2.75, 3.05) is 18.6 Å². The SMILES string of the molecule is Cc1cc(N(C)C2CCOC2C)ccc1/C=C/C(=O)O. The van der Waals surface area contributed by atoms with E-state index in [0.29, 0.717) is 6.04 Å². The lowest BCUT2D eigenvalue weighted by atomic mass is 10.0. The van der Waals surface area contributed by atoms with Gasteiger partial charge in [0.15, 0.2) is 0 Å². The second-order valence-electron chi connectivity index (χ2n) is 5.26. The van der Waals surface area contributed by atoms with Gasteiger partial charge in [-0.15, -0.1) is 0 Å². The molecule has 4 heteroatoms. The van der Waals surface area contributed by atoms with Crippen LogP contribution in [0, 0.1) is 6.92 Å². The first-order valence-corrected chi connectivity index (χ1v) is 6.85. The van der Waals surface area contributed by atoms with Crippen LogP contribution in [0.5, 0.6) is 0 Å². The van der Waals surface area contributed by atoms with Crippen LogP contribution in [0.1, 0.15) is 24.5 Å². The Morgan fingerprint density at radius 3 is 2.80 bits per heavy atom. The van der Waals surface area contributed by atoms with Crippen LogP contribution in [0.2, 0.25) is 0 Å². The number of likely N-dealkylation sites (N-methyl/N-ethyl adjacent to an activating group) is 1. The summed E-state index contributed by atoms with van der Waals surface area (Å²) in [6.45, 7) is 4.91. The van der Waals surface area contributed by atoms with Crippen molar-refractivity contribution < 1.29 is 14.6 Å². The maximum atomic E-state index is 10.6. The molecular weight excluding hydrogens is 254 g/mol. The summed E-state index contributed by atoms with van der Waals surface area (Å²) in [7, 11) is 2.08. The molecule has 0 bridgehead atoms. The van der Waals surface area contributed by atoms with Gasteiger partial charge in [0.25, 0.3) is 0 Å². The topological polar surface area (TPSA) is 49.8 Å². The lowest BCUT2D eigenvalue weighted by Crippen LogP contribution is -2.36. The van der Waals surface area contributed by atoms with Gasteiger partial charge in [-0.25, -0.2) is 4.79 Å². The van der Waals surface area contributed by atoms with Crippen molar-refractivity contribution in [3.05, 3.63) is 35.4 Å². The molecule has 1 saturated heterocycles. The maximum Gasteiger partial charge on any atom is 0.328 e. The van der Waals surface area contributed by atoms with Crippen molar-refractivity contribution in [1.29, 1.82) is 0 Å². The quantitative estimate of drug-likeness (QED) is 0.858. The minimum Gasteiger partial charge on any atom is -0.478 e. The Morgan fingerprint density at radius 2 is 2.25 bits per heavy atom. The highest BCUT2D eigenvalue weighted by Crippen LogP contribution is 2.26. The van der Waals surface area contributed by atoms with E-state index in [4.69, 9.17) is 9.84 Å². The summed E-state index contributed by atoms with van der Waals surface area (Å²) in [5, 5.41) is 8.67. The largest absolute Gasteiger partial charge is 0.478 e. The van der Waals surface area contributed by atoms with Crippen LogP contribution in [-0.4, -0.2) is 36.9 Å². The molecule has 1 N–H and O–H groups in total. The first-order chi connectivity index (χ1) is 9.49. The molecule has 0 radical (unpaired) electrons. The highest BCUT2D eigenvalue weighted by Gasteiger charge is 2.28. The van der Waals surface area contributed by atoms with Crippen molar-refractivity contribution in [1.82, 2.24) is 0 Å². The molecule has 20 heavy (non-hydrogen) atoms. The van der Waals surface area contributed by atoms with Gasteiger partial charge in [0.2, 0.25) is 0 Å². The monoisotopic (exact) mass is 275 g/mol. The smallest absolute Gasteiger partial charge is 0.328 e. The number of carboxylic acids is 1. The number of anilines is 1. The van der Waals surface area contributed by atoms with Crippen molar-refractivity contribution in [2.45, 2.75) is 32.4 Å². The second-order valence-corrected chi connectivity index (χ2v) is 5.26. The predicted molar refractivity (Wildman–Crippen MR) is 80.1 cm³/mol. The zero-order valence-electron chi connectivity index (χ0n) is 12.2. The maximum absolute atomic E-state index is 10.6. The molecule has 0 spiro atoms. The van der Waals surface area contributed by atoms with Crippen LogP contribution in [-0.2, 0) is 9.53 Å². The van der Waals surface area contributed by atoms with Gasteiger partial charge in [-0.3, -0.25) is 0 Å². The molecule has 0 aliphatic carbocycles. The molecule has 1 aromatic rings. The third-order valence-corrected chi connectivity index (χ3v) is 3.90. The summed E-state index contributed by atoms with van der Waals surface area (Å²) < 4.78 is 5.61. The number of benzene rings is 1. The number of aliphatic carboxylic acids is 1. The standard InChI is InChI=1S/C16H21NO3/c1-11-10-14(6-4-13(11)5-7-16(18)19)17(3)15-8-9-20-12(15)2/h4-7,10,12,15H,8-9H2,1-3H3,(H,18,19)/b7-5+. The molecule has 108 valence electrons. The van der Waals surface area contributed by atoms with Crippen molar-refractivity contribution in [2.24, 2.45) is 0 Å². The molecule has 1 aliphatic heterocycles. The Kier molecular flexibility index (Phi) is 4.45. The fraction of sp³-hybridized carbons (Fsp3) is 0.438. The lowest BCUT2D eigenvalue weighted by Gasteiger charge is -2.29. The van der Waals surface area contributed by atoms with Gasteiger partial charge < -0.3 is 14.7 Å². The van der Waals surface area contributed by atoms with E-state index in [1.54, 1.807) is 6.08 Å². The Labute approximate surface area is 119 Å². The first kappa shape index (κ1) is 14.6. The van der Waals surface area contributed by atoms with Crippen LogP contribution >= 0.6 is 0 Å². The minimum atomic E-state index is -0.928. The molecule has 1 fully saturated rings. The summed E-state index contributed by atoms with van der Waals surface area (Å²) in [5.41, 5.74) is 3.14. The zero-order chi connectivity index (χ0) is 14.7. The van der Waals surface area contributed by atoms with Gasteiger partial charge in [0.05, 0.1) is 12.1 Å². The Hall–Kier alpha value is -1.81. The summed E-state index contributed by atoms with van der Waals surface area (Å²) in [6, 6.07) is 6.47. The Balaban J connectivity index is 2.18. The van der Waals surface area contributed by atoms with E-state index in [9.17, 15) is 4.79 Å². The van der Waals surface area contributed by atoms with Crippen LogP contribution in [0.4, 0.5) is 5.69 Å². The van der Waals surface area contributed by atoms with E-state index in [2.05, 4.69) is 24.9 Å². The summed E-state index contributed by atoms with van der Waals surface area (Å²) in [5.74, 6) is -0.928. The highest BCUT2D eigenvalue weighted by molar-refractivity contribution is 5.85. The molecule has 1 aliphatic rings. The number of carboxylic acid groups (broad SMARTS) is 1. The first-order valence-electron chi connectivity index (χ1n) is 6.85. The molecule has 1 aromatic carbocycles. The predicted octanol–water partition coefficient (Wildman–Crippen LogP) is 2.71. The van der Waals surface area contributed by atoms with Crippen LogP contribution < -0.4 is 4.90 Å². The fourth-order valence-electron chi connectivity index (χ4n) is 2.65. The Morgan fingerprint density at radius 1 is 1.50 bits per heavy atom. The molecule has 4 nitrogen and oxygen atoms in total. The zero-order valence-corrected chi connectivity index (χ0v) is 12.2. The number of ether oxygens (including phenoxy) is 1. The van der Waals surface area contributed by atoms with Gasteiger partial charge >= 0.3 is 5.97 Å². The van der Waals surface area contributed by atoms with Crippen molar-refractivity contribution in [3.63, 3.8) is 0 Å². The molecule has 2 atom stereocenters. The minimum absolute atomic E-state index is 0.242. The van der Waals surface area contributed by atoms with Crippen LogP contribution in [0.25, 0.3) is 6.08 Å². The second kappa shape index (κ2) is 6.09. The number of hydrogen-bond acceptors (Lipinski definition) is 3. The lowest BCUT2D eigenvalue weighted by molar-refractivity contribution is -0.131. The van der Waals surface area contributed by atoms with Gasteiger partial charge in [0.1, 0.15) is 0 Å². The fourth-order valence-corrected chi connectivity index (χ4v) is 2.65. The molecular formula is C16H21NO3. The third kappa shape index (κ3) is 3.20. The third-order valence-electron chi connectivity index (χ3n) is 3.90. The average Bonchev–Trinajstić information content (AvgIpc) is 2.82. The summed E-state index contributed by atoms with van der Waals surface area (Å²) in [4.78, 5) is 12.8.